The second kappa shape index (κ2) is 7.88. The summed E-state index contributed by atoms with van der Waals surface area (Å²) in [6.07, 6.45) is -2.85. The molecule has 0 bridgehead atoms. The van der Waals surface area contributed by atoms with Crippen molar-refractivity contribution in [3.63, 3.8) is 0 Å². The van der Waals surface area contributed by atoms with E-state index in [0.717, 1.165) is 28.4 Å². The van der Waals surface area contributed by atoms with Crippen molar-refractivity contribution in [2.75, 3.05) is 0 Å². The molecule has 0 amide bonds. The first-order chi connectivity index (χ1) is 15.1. The number of imidazole rings is 1. The summed E-state index contributed by atoms with van der Waals surface area (Å²) >= 11 is 5.77. The molecule has 8 heteroatoms. The number of allylic oxidation sites excluding steroid dienone is 1. The Morgan fingerprint density at radius 1 is 1.12 bits per heavy atom. The third-order valence-electron chi connectivity index (χ3n) is 5.43. The molecule has 32 heavy (non-hydrogen) atoms. The zero-order chi connectivity index (χ0) is 23.2. The molecule has 0 atom stereocenters. The highest BCUT2D eigenvalue weighted by atomic mass is 35.5. The average molecular weight is 455 g/mol. The molecule has 0 fully saturated rings. The van der Waals surface area contributed by atoms with Gasteiger partial charge in [0.25, 0.3) is 0 Å². The van der Waals surface area contributed by atoms with Crippen LogP contribution in [0, 0.1) is 25.2 Å². The Labute approximate surface area is 187 Å². The van der Waals surface area contributed by atoms with Gasteiger partial charge >= 0.3 is 6.18 Å². The quantitative estimate of drug-likeness (QED) is 0.323. The SMILES string of the molecule is Cc1cc(/C=C(\C#N)c2nc3ccccc3n2C)c(C)n1-c1ccc(Cl)c(C(F)(F)F)c1. The molecule has 0 aliphatic heterocycles. The molecule has 2 heterocycles. The summed E-state index contributed by atoms with van der Waals surface area (Å²) in [7, 11) is 1.84. The first kappa shape index (κ1) is 21.7. The van der Waals surface area contributed by atoms with Crippen LogP contribution in [0.25, 0.3) is 28.4 Å². The van der Waals surface area contributed by atoms with Crippen molar-refractivity contribution in [3.05, 3.63) is 81.9 Å². The van der Waals surface area contributed by atoms with Crippen LogP contribution in [0.4, 0.5) is 13.2 Å². The van der Waals surface area contributed by atoms with E-state index in [0.29, 0.717) is 22.8 Å². The van der Waals surface area contributed by atoms with Crippen molar-refractivity contribution in [2.45, 2.75) is 20.0 Å². The van der Waals surface area contributed by atoms with Gasteiger partial charge in [0.2, 0.25) is 0 Å². The smallest absolute Gasteiger partial charge is 0.327 e. The number of nitriles is 1. The van der Waals surface area contributed by atoms with Gasteiger partial charge < -0.3 is 9.13 Å². The molecule has 4 aromatic rings. The van der Waals surface area contributed by atoms with Gasteiger partial charge in [0.15, 0.2) is 5.82 Å². The molecule has 2 aromatic heterocycles. The van der Waals surface area contributed by atoms with E-state index in [1.807, 2.05) is 41.9 Å². The van der Waals surface area contributed by atoms with E-state index in [1.54, 1.807) is 30.6 Å². The van der Waals surface area contributed by atoms with Gasteiger partial charge in [-0.1, -0.05) is 23.7 Å². The van der Waals surface area contributed by atoms with Crippen LogP contribution >= 0.6 is 11.6 Å². The number of aryl methyl sites for hydroxylation is 2. The van der Waals surface area contributed by atoms with Gasteiger partial charge in [-0.3, -0.25) is 0 Å². The summed E-state index contributed by atoms with van der Waals surface area (Å²) in [6.45, 7) is 3.60. The molecular formula is C24H18ClF3N4. The maximum Gasteiger partial charge on any atom is 0.417 e. The Morgan fingerprint density at radius 3 is 2.50 bits per heavy atom. The maximum absolute atomic E-state index is 13.3. The first-order valence-electron chi connectivity index (χ1n) is 9.71. The fourth-order valence-corrected chi connectivity index (χ4v) is 4.11. The van der Waals surface area contributed by atoms with Gasteiger partial charge in [0.05, 0.1) is 27.2 Å². The summed E-state index contributed by atoms with van der Waals surface area (Å²) in [4.78, 5) is 4.57. The van der Waals surface area contributed by atoms with Gasteiger partial charge in [0.1, 0.15) is 6.07 Å². The Hall–Kier alpha value is -3.50. The molecule has 2 aromatic carbocycles. The topological polar surface area (TPSA) is 46.5 Å². The first-order valence-corrected chi connectivity index (χ1v) is 10.1. The standard InChI is InChI=1S/C24H18ClF3N4/c1-14-10-16(11-17(13-29)23-30-21-6-4-5-7-22(21)31(23)3)15(2)32(14)18-8-9-20(25)19(12-18)24(26,27)28/h4-12H,1-3H3/b17-11+. The lowest BCUT2D eigenvalue weighted by Gasteiger charge is -2.14. The number of alkyl halides is 3. The number of benzene rings is 2. The normalized spacial score (nSPS) is 12.4. The molecule has 4 rings (SSSR count). The van der Waals surface area contributed by atoms with Crippen LogP contribution in [-0.2, 0) is 13.2 Å². The van der Waals surface area contributed by atoms with Crippen molar-refractivity contribution >= 4 is 34.3 Å². The van der Waals surface area contributed by atoms with E-state index < -0.39 is 11.7 Å². The highest BCUT2D eigenvalue weighted by molar-refractivity contribution is 6.31. The van der Waals surface area contributed by atoms with Crippen LogP contribution in [-0.4, -0.2) is 14.1 Å². The Balaban J connectivity index is 1.83. The lowest BCUT2D eigenvalue weighted by atomic mass is 10.1. The fourth-order valence-electron chi connectivity index (χ4n) is 3.89. The van der Waals surface area contributed by atoms with E-state index in [-0.39, 0.29) is 5.02 Å². The van der Waals surface area contributed by atoms with Gasteiger partial charge in [-0.2, -0.15) is 18.4 Å². The molecule has 0 spiro atoms. The van der Waals surface area contributed by atoms with Crippen molar-refractivity contribution in [1.82, 2.24) is 14.1 Å². The maximum atomic E-state index is 13.3. The molecule has 0 unspecified atom stereocenters. The Kier molecular flexibility index (Phi) is 5.35. The van der Waals surface area contributed by atoms with Gasteiger partial charge in [-0.25, -0.2) is 4.98 Å². The summed E-state index contributed by atoms with van der Waals surface area (Å²) in [5.41, 5.74) is 3.63. The number of hydrogen-bond acceptors (Lipinski definition) is 2. The highest BCUT2D eigenvalue weighted by Crippen LogP contribution is 2.36. The van der Waals surface area contributed by atoms with E-state index >= 15 is 0 Å². The average Bonchev–Trinajstić information content (AvgIpc) is 3.22. The Morgan fingerprint density at radius 2 is 1.84 bits per heavy atom. The zero-order valence-corrected chi connectivity index (χ0v) is 18.3. The predicted octanol–water partition coefficient (Wildman–Crippen LogP) is 6.72. The van der Waals surface area contributed by atoms with Crippen molar-refractivity contribution < 1.29 is 13.2 Å². The van der Waals surface area contributed by atoms with Crippen molar-refractivity contribution in [2.24, 2.45) is 7.05 Å². The van der Waals surface area contributed by atoms with E-state index in [1.165, 1.54) is 6.07 Å². The summed E-state index contributed by atoms with van der Waals surface area (Å²) in [6, 6.07) is 15.4. The molecule has 0 aliphatic rings. The molecule has 0 saturated heterocycles. The van der Waals surface area contributed by atoms with Crippen LogP contribution in [0.5, 0.6) is 0 Å². The molecule has 0 N–H and O–H groups in total. The number of aromatic nitrogens is 3. The number of fused-ring (bicyclic) bond motifs is 1. The number of hydrogen-bond donors (Lipinski definition) is 0. The van der Waals surface area contributed by atoms with Crippen molar-refractivity contribution in [3.8, 4) is 11.8 Å². The van der Waals surface area contributed by atoms with Crippen LogP contribution in [0.3, 0.4) is 0 Å². The molecule has 162 valence electrons. The lowest BCUT2D eigenvalue weighted by Crippen LogP contribution is -2.08. The van der Waals surface area contributed by atoms with Gasteiger partial charge in [-0.15, -0.1) is 0 Å². The van der Waals surface area contributed by atoms with Gasteiger partial charge in [-0.05, 0) is 61.9 Å². The monoisotopic (exact) mass is 454 g/mol. The highest BCUT2D eigenvalue weighted by Gasteiger charge is 2.33. The number of nitrogens with zero attached hydrogens (tertiary/aromatic N) is 4. The second-order valence-electron chi connectivity index (χ2n) is 7.48. The third kappa shape index (κ3) is 3.67. The fraction of sp³-hybridized carbons (Fsp3) is 0.167. The van der Waals surface area contributed by atoms with Crippen molar-refractivity contribution in [1.29, 1.82) is 5.26 Å². The Bertz CT molecular complexity index is 1420. The van der Waals surface area contributed by atoms with Crippen LogP contribution < -0.4 is 0 Å². The minimum Gasteiger partial charge on any atom is -0.327 e. The number of halogens is 4. The van der Waals surface area contributed by atoms with E-state index in [4.69, 9.17) is 11.6 Å². The van der Waals surface area contributed by atoms with Crippen LogP contribution in [0.15, 0.2) is 48.5 Å². The molecule has 0 radical (unpaired) electrons. The van der Waals surface area contributed by atoms with E-state index in [9.17, 15) is 18.4 Å². The number of para-hydroxylation sites is 2. The lowest BCUT2D eigenvalue weighted by molar-refractivity contribution is -0.137. The minimum absolute atomic E-state index is 0.345. The van der Waals surface area contributed by atoms with E-state index in [2.05, 4.69) is 11.1 Å². The molecule has 0 saturated carbocycles. The second-order valence-corrected chi connectivity index (χ2v) is 7.88. The minimum atomic E-state index is -4.56. The van der Waals surface area contributed by atoms with Crippen LogP contribution in [0.2, 0.25) is 5.02 Å². The summed E-state index contributed by atoms with van der Waals surface area (Å²) < 4.78 is 43.6. The summed E-state index contributed by atoms with van der Waals surface area (Å²) in [5, 5.41) is 9.46. The predicted molar refractivity (Wildman–Crippen MR) is 119 cm³/mol. The zero-order valence-electron chi connectivity index (χ0n) is 17.5. The largest absolute Gasteiger partial charge is 0.417 e. The summed E-state index contributed by atoms with van der Waals surface area (Å²) in [5.74, 6) is 0.518. The molecular weight excluding hydrogens is 437 g/mol. The molecule has 4 nitrogen and oxygen atoms in total. The third-order valence-corrected chi connectivity index (χ3v) is 5.76. The van der Waals surface area contributed by atoms with Crippen LogP contribution in [0.1, 0.15) is 28.3 Å². The number of rotatable bonds is 3. The molecule has 0 aliphatic carbocycles. The van der Waals surface area contributed by atoms with Gasteiger partial charge in [0, 0.05) is 24.1 Å².